The van der Waals surface area contributed by atoms with Gasteiger partial charge in [0.2, 0.25) is 0 Å². The first-order valence-corrected chi connectivity index (χ1v) is 10.2. The van der Waals surface area contributed by atoms with Gasteiger partial charge in [0.05, 0.1) is 51.2 Å². The number of carbonyl (C=O) groups excluding carboxylic acids is 3. The van der Waals surface area contributed by atoms with Crippen LogP contribution < -0.4 is 4.74 Å². The Hall–Kier alpha value is -3.69. The van der Waals surface area contributed by atoms with Gasteiger partial charge in [-0.1, -0.05) is 12.1 Å². The van der Waals surface area contributed by atoms with E-state index in [1.807, 2.05) is 0 Å². The van der Waals surface area contributed by atoms with Gasteiger partial charge in [0.25, 0.3) is 11.7 Å². The Morgan fingerprint density at radius 1 is 0.970 bits per heavy atom. The molecule has 1 saturated heterocycles. The third-order valence-electron chi connectivity index (χ3n) is 5.26. The van der Waals surface area contributed by atoms with Crippen LogP contribution in [-0.2, 0) is 19.1 Å². The average Bonchev–Trinajstić information content (AvgIpc) is 3.10. The van der Waals surface area contributed by atoms with Crippen molar-refractivity contribution in [3.05, 3.63) is 70.8 Å². The highest BCUT2D eigenvalue weighted by Gasteiger charge is 2.45. The molecule has 3 rings (SSSR count). The Balaban J connectivity index is 2.05. The molecule has 1 aliphatic heterocycles. The normalized spacial score (nSPS) is 17.3. The second-order valence-corrected chi connectivity index (χ2v) is 7.17. The third kappa shape index (κ3) is 5.05. The summed E-state index contributed by atoms with van der Waals surface area (Å²) in [4.78, 5) is 38.9. The quantitative estimate of drug-likeness (QED) is 0.193. The summed E-state index contributed by atoms with van der Waals surface area (Å²) in [7, 11) is 2.78. The van der Waals surface area contributed by atoms with E-state index >= 15 is 0 Å². The van der Waals surface area contributed by atoms with Crippen molar-refractivity contribution in [3.63, 3.8) is 0 Å². The first-order chi connectivity index (χ1) is 15.9. The van der Waals surface area contributed by atoms with Crippen molar-refractivity contribution >= 4 is 23.4 Å². The van der Waals surface area contributed by atoms with E-state index in [9.17, 15) is 19.5 Å². The number of likely N-dealkylation sites (tertiary alicyclic amines) is 1. The molecule has 1 fully saturated rings. The molecule has 0 spiro atoms. The summed E-state index contributed by atoms with van der Waals surface area (Å²) >= 11 is 0. The van der Waals surface area contributed by atoms with Crippen LogP contribution in [0.25, 0.3) is 5.76 Å². The first kappa shape index (κ1) is 24.0. The van der Waals surface area contributed by atoms with Crippen molar-refractivity contribution < 1.29 is 38.8 Å². The highest BCUT2D eigenvalue weighted by Crippen LogP contribution is 2.39. The molecule has 0 aromatic heterocycles. The lowest BCUT2D eigenvalue weighted by Crippen LogP contribution is -2.33. The number of methoxy groups -OCH3 is 2. The van der Waals surface area contributed by atoms with E-state index in [0.29, 0.717) is 22.4 Å². The molecule has 1 heterocycles. The van der Waals surface area contributed by atoms with Gasteiger partial charge in [-0.25, -0.2) is 4.79 Å². The van der Waals surface area contributed by atoms with Crippen LogP contribution in [0, 0.1) is 0 Å². The van der Waals surface area contributed by atoms with Crippen LogP contribution in [0.3, 0.4) is 0 Å². The first-order valence-electron chi connectivity index (χ1n) is 10.2. The van der Waals surface area contributed by atoms with Crippen LogP contribution >= 0.6 is 0 Å². The smallest absolute Gasteiger partial charge is 0.337 e. The van der Waals surface area contributed by atoms with Crippen molar-refractivity contribution in [1.82, 2.24) is 4.90 Å². The zero-order valence-corrected chi connectivity index (χ0v) is 18.3. The largest absolute Gasteiger partial charge is 0.507 e. The molecule has 9 heteroatoms. The molecule has 0 radical (unpaired) electrons. The van der Waals surface area contributed by atoms with Gasteiger partial charge < -0.3 is 29.3 Å². The van der Waals surface area contributed by atoms with E-state index in [1.54, 1.807) is 36.4 Å². The minimum atomic E-state index is -0.892. The number of hydrogen-bond donors (Lipinski definition) is 2. The lowest BCUT2D eigenvalue weighted by Gasteiger charge is -2.25. The number of nitrogens with zero attached hydrogens (tertiary/aromatic N) is 1. The molecule has 2 aromatic carbocycles. The molecule has 0 saturated carbocycles. The highest BCUT2D eigenvalue weighted by molar-refractivity contribution is 6.46. The summed E-state index contributed by atoms with van der Waals surface area (Å²) in [6, 6.07) is 11.8. The zero-order chi connectivity index (χ0) is 24.0. The second kappa shape index (κ2) is 10.8. The van der Waals surface area contributed by atoms with Crippen LogP contribution in [0.1, 0.15) is 27.5 Å². The number of Topliss-reactive ketones (excluding diaryl/α,β-unsaturated/α-hetero) is 1. The fourth-order valence-electron chi connectivity index (χ4n) is 3.61. The van der Waals surface area contributed by atoms with E-state index in [4.69, 9.17) is 19.3 Å². The molecular formula is C24H25NO8. The Labute approximate surface area is 190 Å². The number of benzene rings is 2. The van der Waals surface area contributed by atoms with E-state index in [0.717, 1.165) is 0 Å². The van der Waals surface area contributed by atoms with E-state index in [1.165, 1.54) is 31.3 Å². The van der Waals surface area contributed by atoms with Crippen LogP contribution in [0.2, 0.25) is 0 Å². The summed E-state index contributed by atoms with van der Waals surface area (Å²) < 4.78 is 15.1. The fourth-order valence-corrected chi connectivity index (χ4v) is 3.61. The molecule has 33 heavy (non-hydrogen) atoms. The van der Waals surface area contributed by atoms with Gasteiger partial charge >= 0.3 is 5.97 Å². The van der Waals surface area contributed by atoms with Gasteiger partial charge in [0.15, 0.2) is 0 Å². The number of amides is 1. The van der Waals surface area contributed by atoms with Crippen molar-refractivity contribution in [1.29, 1.82) is 0 Å². The number of esters is 1. The number of hydrogen-bond acceptors (Lipinski definition) is 8. The Morgan fingerprint density at radius 3 is 2.18 bits per heavy atom. The minimum absolute atomic E-state index is 0.0629. The van der Waals surface area contributed by atoms with Gasteiger partial charge in [-0.2, -0.15) is 0 Å². The zero-order valence-electron chi connectivity index (χ0n) is 18.3. The number of ketones is 1. The number of rotatable bonds is 9. The Morgan fingerprint density at radius 2 is 1.61 bits per heavy atom. The number of aliphatic hydroxyl groups excluding tert-OH is 2. The summed E-state index contributed by atoms with van der Waals surface area (Å²) in [6.45, 7) is 0.0727. The maximum Gasteiger partial charge on any atom is 0.337 e. The minimum Gasteiger partial charge on any atom is -0.507 e. The summed E-state index contributed by atoms with van der Waals surface area (Å²) in [5.74, 6) is -1.88. The molecule has 1 unspecified atom stereocenters. The molecular weight excluding hydrogens is 430 g/mol. The van der Waals surface area contributed by atoms with Gasteiger partial charge in [-0.3, -0.25) is 9.59 Å². The lowest BCUT2D eigenvalue weighted by atomic mass is 9.94. The van der Waals surface area contributed by atoms with Gasteiger partial charge in [-0.15, -0.1) is 0 Å². The number of carbonyl (C=O) groups is 3. The molecule has 0 aliphatic carbocycles. The topological polar surface area (TPSA) is 123 Å². The maximum absolute atomic E-state index is 13.0. The van der Waals surface area contributed by atoms with Crippen LogP contribution in [0.15, 0.2) is 54.1 Å². The molecule has 0 bridgehead atoms. The van der Waals surface area contributed by atoms with Gasteiger partial charge in [0, 0.05) is 12.1 Å². The second-order valence-electron chi connectivity index (χ2n) is 7.17. The SMILES string of the molecule is COC(=O)c1ccc(C2C(=C(O)c3ccc(OC)cc3)C(=O)C(=O)N2CCOCCO)cc1. The van der Waals surface area contributed by atoms with E-state index in [-0.39, 0.29) is 37.7 Å². The van der Waals surface area contributed by atoms with Crippen molar-refractivity contribution in [2.45, 2.75) is 6.04 Å². The number of aliphatic hydroxyl groups is 2. The van der Waals surface area contributed by atoms with Crippen LogP contribution in [0.4, 0.5) is 0 Å². The molecule has 174 valence electrons. The predicted molar refractivity (Wildman–Crippen MR) is 118 cm³/mol. The molecule has 1 atom stereocenters. The van der Waals surface area contributed by atoms with Crippen LogP contribution in [-0.4, -0.2) is 73.4 Å². The molecule has 9 nitrogen and oxygen atoms in total. The van der Waals surface area contributed by atoms with Crippen molar-refractivity contribution in [2.75, 3.05) is 40.6 Å². The van der Waals surface area contributed by atoms with Gasteiger partial charge in [-0.05, 0) is 42.0 Å². The Kier molecular flexibility index (Phi) is 7.81. The fraction of sp³-hybridized carbons (Fsp3) is 0.292. The van der Waals surface area contributed by atoms with Crippen molar-refractivity contribution in [3.8, 4) is 5.75 Å². The number of ether oxygens (including phenoxy) is 3. The third-order valence-corrected chi connectivity index (χ3v) is 5.26. The predicted octanol–water partition coefficient (Wildman–Crippen LogP) is 1.91. The molecule has 1 aliphatic rings. The monoisotopic (exact) mass is 455 g/mol. The van der Waals surface area contributed by atoms with E-state index in [2.05, 4.69) is 0 Å². The van der Waals surface area contributed by atoms with E-state index < -0.39 is 23.7 Å². The maximum atomic E-state index is 13.0. The highest BCUT2D eigenvalue weighted by atomic mass is 16.5. The summed E-state index contributed by atoms with van der Waals surface area (Å²) in [5.41, 5.74) is 1.11. The molecule has 2 aromatic rings. The lowest BCUT2D eigenvalue weighted by molar-refractivity contribution is -0.140. The van der Waals surface area contributed by atoms with Gasteiger partial charge in [0.1, 0.15) is 11.5 Å². The molecule has 1 amide bonds. The molecule has 2 N–H and O–H groups in total. The van der Waals surface area contributed by atoms with Crippen molar-refractivity contribution in [2.24, 2.45) is 0 Å². The Bertz CT molecular complexity index is 1040. The average molecular weight is 455 g/mol. The summed E-state index contributed by atoms with van der Waals surface area (Å²) in [5, 5.41) is 19.9. The summed E-state index contributed by atoms with van der Waals surface area (Å²) in [6.07, 6.45) is 0. The standard InChI is InChI=1S/C24H25NO8/c1-31-18-9-7-16(8-10-18)21(27)19-20(15-3-5-17(6-4-15)24(30)32-2)25(23(29)22(19)28)11-13-33-14-12-26/h3-10,20,26-27H,11-14H2,1-2H3. The van der Waals surface area contributed by atoms with Crippen LogP contribution in [0.5, 0.6) is 5.75 Å².